The van der Waals surface area contributed by atoms with Gasteiger partial charge in [-0.15, -0.1) is 0 Å². The maximum atomic E-state index is 14.3. The van der Waals surface area contributed by atoms with E-state index in [1.807, 2.05) is 35.2 Å². The Balaban J connectivity index is 1.41. The molecule has 3 aliphatic rings. The molecule has 1 aliphatic carbocycles. The summed E-state index contributed by atoms with van der Waals surface area (Å²) in [6, 6.07) is 14.2. The molecule has 2 aromatic rings. The van der Waals surface area contributed by atoms with E-state index in [2.05, 4.69) is 44.3 Å². The molecule has 7 heteroatoms. The zero-order chi connectivity index (χ0) is 31.3. The van der Waals surface area contributed by atoms with Gasteiger partial charge in [0.15, 0.2) is 0 Å². The van der Waals surface area contributed by atoms with Crippen LogP contribution in [0.4, 0.5) is 0 Å². The van der Waals surface area contributed by atoms with E-state index in [-0.39, 0.29) is 54.7 Å². The number of hydrogen-bond acceptors (Lipinski definition) is 5. The highest BCUT2D eigenvalue weighted by Crippen LogP contribution is 2.56. The Kier molecular flexibility index (Phi) is 10.5. The third-order valence-corrected chi connectivity index (χ3v) is 9.82. The molecule has 0 radical (unpaired) electrons. The largest absolute Gasteiger partial charge is 0.468 e. The van der Waals surface area contributed by atoms with E-state index in [1.54, 1.807) is 0 Å². The summed E-state index contributed by atoms with van der Waals surface area (Å²) in [4.78, 5) is 43.5. The van der Waals surface area contributed by atoms with Gasteiger partial charge < -0.3 is 19.7 Å². The second kappa shape index (κ2) is 14.3. The van der Waals surface area contributed by atoms with Crippen LogP contribution in [0.25, 0.3) is 10.8 Å². The fourth-order valence-corrected chi connectivity index (χ4v) is 7.27. The van der Waals surface area contributed by atoms with Crippen LogP contribution in [0.3, 0.4) is 0 Å². The van der Waals surface area contributed by atoms with Crippen molar-refractivity contribution < 1.29 is 23.9 Å². The van der Waals surface area contributed by atoms with E-state index in [1.165, 1.54) is 26.4 Å². The molecule has 4 atom stereocenters. The van der Waals surface area contributed by atoms with Crippen LogP contribution in [0.15, 0.2) is 54.2 Å². The first-order valence-corrected chi connectivity index (χ1v) is 16.8. The highest BCUT2D eigenvalue weighted by Gasteiger charge is 2.63. The van der Waals surface area contributed by atoms with Crippen molar-refractivity contribution >= 4 is 28.6 Å². The van der Waals surface area contributed by atoms with Gasteiger partial charge in [0.05, 0.1) is 19.3 Å². The Morgan fingerprint density at radius 3 is 2.50 bits per heavy atom. The average molecular weight is 603 g/mol. The molecule has 2 heterocycles. The number of piperidine rings is 1. The predicted molar refractivity (Wildman–Crippen MR) is 172 cm³/mol. The van der Waals surface area contributed by atoms with E-state index in [0.717, 1.165) is 54.1 Å². The third-order valence-electron chi connectivity index (χ3n) is 9.82. The van der Waals surface area contributed by atoms with Gasteiger partial charge in [-0.1, -0.05) is 95.3 Å². The van der Waals surface area contributed by atoms with Crippen LogP contribution in [0, 0.1) is 23.2 Å². The summed E-state index contributed by atoms with van der Waals surface area (Å²) in [5.41, 5.74) is 0.677. The third kappa shape index (κ3) is 6.73. The number of rotatable bonds is 14. The average Bonchev–Trinajstić information content (AvgIpc) is 3.87. The first-order chi connectivity index (χ1) is 21.3. The summed E-state index contributed by atoms with van der Waals surface area (Å²) in [7, 11) is 1.42. The minimum absolute atomic E-state index is 0.0214. The fourth-order valence-electron chi connectivity index (χ4n) is 7.27. The second-order valence-electron chi connectivity index (χ2n) is 13.4. The van der Waals surface area contributed by atoms with Crippen molar-refractivity contribution in [3.63, 3.8) is 0 Å². The highest BCUT2D eigenvalue weighted by molar-refractivity contribution is 5.93. The number of methoxy groups -OCH3 is 1. The van der Waals surface area contributed by atoms with Crippen molar-refractivity contribution in [2.75, 3.05) is 13.7 Å². The Labute approximate surface area is 262 Å². The van der Waals surface area contributed by atoms with Gasteiger partial charge in [0.25, 0.3) is 0 Å². The Hall–Kier alpha value is -3.19. The van der Waals surface area contributed by atoms with Crippen molar-refractivity contribution in [2.24, 2.45) is 23.2 Å². The quantitative estimate of drug-likeness (QED) is 0.187. The molecule has 2 amide bonds. The van der Waals surface area contributed by atoms with Crippen molar-refractivity contribution in [2.45, 2.75) is 104 Å². The van der Waals surface area contributed by atoms with E-state index in [0.29, 0.717) is 13.1 Å². The molecule has 1 N–H and O–H groups in total. The van der Waals surface area contributed by atoms with Gasteiger partial charge in [0.1, 0.15) is 5.41 Å². The summed E-state index contributed by atoms with van der Waals surface area (Å²) in [6.45, 7) is 7.34. The zero-order valence-electron chi connectivity index (χ0n) is 27.0. The molecule has 1 saturated heterocycles. The van der Waals surface area contributed by atoms with E-state index in [4.69, 9.17) is 9.47 Å². The van der Waals surface area contributed by atoms with Crippen molar-refractivity contribution in [3.8, 4) is 0 Å². The molecule has 238 valence electrons. The van der Waals surface area contributed by atoms with Crippen LogP contribution in [-0.2, 0) is 30.4 Å². The lowest BCUT2D eigenvalue weighted by molar-refractivity contribution is -0.182. The number of esters is 1. The van der Waals surface area contributed by atoms with Crippen molar-refractivity contribution in [1.29, 1.82) is 0 Å². The molecule has 2 fully saturated rings. The normalized spacial score (nSPS) is 25.1. The molecule has 1 saturated carbocycles. The van der Waals surface area contributed by atoms with Gasteiger partial charge in [-0.05, 0) is 59.9 Å². The molecular formula is C37H50N2O5. The molecule has 0 spiro atoms. The molecule has 7 nitrogen and oxygen atoms in total. The number of nitrogens with one attached hydrogen (secondary N) is 1. The SMILES string of the molecule is CCCCCCCCN1C(=O)[C@@H](CC(=O)NCc2cccc3ccccc23)C[C@@]2(C(=O)OC)C1=C[C@H](C(C)C)O[C@@H]2C1CC1. The highest BCUT2D eigenvalue weighted by atomic mass is 16.5. The number of carbonyl (C=O) groups is 3. The molecule has 0 unspecified atom stereocenters. The van der Waals surface area contributed by atoms with Crippen LogP contribution in [0.1, 0.15) is 90.5 Å². The number of benzene rings is 2. The van der Waals surface area contributed by atoms with Gasteiger partial charge in [0.2, 0.25) is 11.8 Å². The Bertz CT molecular complexity index is 1360. The number of amides is 2. The predicted octanol–water partition coefficient (Wildman–Crippen LogP) is 6.93. The van der Waals surface area contributed by atoms with Crippen LogP contribution in [-0.4, -0.2) is 48.5 Å². The molecular weight excluding hydrogens is 552 g/mol. The zero-order valence-corrected chi connectivity index (χ0v) is 27.0. The lowest BCUT2D eigenvalue weighted by Crippen LogP contribution is -2.62. The summed E-state index contributed by atoms with van der Waals surface area (Å²) >= 11 is 0. The summed E-state index contributed by atoms with van der Waals surface area (Å²) in [5, 5.41) is 5.29. The number of fused-ring (bicyclic) bond motifs is 2. The van der Waals surface area contributed by atoms with Crippen LogP contribution in [0.2, 0.25) is 0 Å². The van der Waals surface area contributed by atoms with Crippen molar-refractivity contribution in [3.05, 3.63) is 59.8 Å². The lowest BCUT2D eigenvalue weighted by Gasteiger charge is -2.53. The monoisotopic (exact) mass is 602 g/mol. The van der Waals surface area contributed by atoms with Crippen LogP contribution >= 0.6 is 0 Å². The Morgan fingerprint density at radius 2 is 1.77 bits per heavy atom. The molecule has 0 aromatic heterocycles. The van der Waals surface area contributed by atoms with Crippen molar-refractivity contribution in [1.82, 2.24) is 10.2 Å². The van der Waals surface area contributed by atoms with Gasteiger partial charge in [-0.3, -0.25) is 14.4 Å². The van der Waals surface area contributed by atoms with Crippen LogP contribution in [0.5, 0.6) is 0 Å². The standard InChI is InChI=1S/C37H50N2O5/c1-5-6-7-8-9-12-20-39-32-22-31(25(2)3)44-34(27-18-19-27)37(32,36(42)43-4)23-29(35(39)41)21-33(40)38-24-28-16-13-15-26-14-10-11-17-30(26)28/h10-11,13-17,22,25,27,29,31,34H,5-9,12,18-21,23-24H2,1-4H3,(H,38,40)/t29-,31+,34+,37+/m0/s1. The van der Waals surface area contributed by atoms with Gasteiger partial charge in [-0.2, -0.15) is 0 Å². The summed E-state index contributed by atoms with van der Waals surface area (Å²) in [6.07, 6.45) is 10.3. The number of hydrogen-bond donors (Lipinski definition) is 1. The number of nitrogens with zero attached hydrogens (tertiary/aromatic N) is 1. The second-order valence-corrected chi connectivity index (χ2v) is 13.4. The number of likely N-dealkylation sites (tertiary alicyclic amines) is 1. The fraction of sp³-hybridized carbons (Fsp3) is 0.595. The molecule has 0 bridgehead atoms. The molecule has 2 aromatic carbocycles. The Morgan fingerprint density at radius 1 is 1.05 bits per heavy atom. The van der Waals surface area contributed by atoms with Gasteiger partial charge in [-0.25, -0.2) is 0 Å². The minimum Gasteiger partial charge on any atom is -0.468 e. The van der Waals surface area contributed by atoms with E-state index < -0.39 is 11.3 Å². The number of unbranched alkanes of at least 4 members (excludes halogenated alkanes) is 5. The minimum atomic E-state index is -1.10. The van der Waals surface area contributed by atoms with Gasteiger partial charge in [0, 0.05) is 31.1 Å². The molecule has 5 rings (SSSR count). The first-order valence-electron chi connectivity index (χ1n) is 16.8. The van der Waals surface area contributed by atoms with Gasteiger partial charge >= 0.3 is 5.97 Å². The van der Waals surface area contributed by atoms with E-state index >= 15 is 0 Å². The molecule has 2 aliphatic heterocycles. The summed E-state index contributed by atoms with van der Waals surface area (Å²) in [5.74, 6) is -0.817. The first kappa shape index (κ1) is 32.2. The topological polar surface area (TPSA) is 84.9 Å². The summed E-state index contributed by atoms with van der Waals surface area (Å²) < 4.78 is 12.2. The lowest BCUT2D eigenvalue weighted by atomic mass is 9.64. The number of ether oxygens (including phenoxy) is 2. The van der Waals surface area contributed by atoms with E-state index in [9.17, 15) is 14.4 Å². The smallest absolute Gasteiger partial charge is 0.320 e. The molecule has 44 heavy (non-hydrogen) atoms. The maximum Gasteiger partial charge on any atom is 0.320 e. The maximum absolute atomic E-state index is 14.3. The van der Waals surface area contributed by atoms with Crippen LogP contribution < -0.4 is 5.32 Å². The number of carbonyl (C=O) groups excluding carboxylic acids is 3.